The van der Waals surface area contributed by atoms with E-state index in [1.54, 1.807) is 0 Å². The lowest BCUT2D eigenvalue weighted by Gasteiger charge is -2.09. The third-order valence-electron chi connectivity index (χ3n) is 2.50. The topological polar surface area (TPSA) is 50.4 Å². The van der Waals surface area contributed by atoms with Crippen LogP contribution in [0.4, 0.5) is 5.69 Å². The van der Waals surface area contributed by atoms with Gasteiger partial charge in [0.05, 0.1) is 5.70 Å². The van der Waals surface area contributed by atoms with Crippen molar-refractivity contribution in [2.75, 3.05) is 5.32 Å². The summed E-state index contributed by atoms with van der Waals surface area (Å²) in [6.45, 7) is 8.34. The summed E-state index contributed by atoms with van der Waals surface area (Å²) in [6, 6.07) is 9.87. The molecule has 3 N–H and O–H groups in total. The average molecular weight is 245 g/mol. The number of para-hydroxylation sites is 1. The van der Waals surface area contributed by atoms with Crippen LogP contribution in [0, 0.1) is 5.92 Å². The number of rotatable bonds is 5. The zero-order valence-electron chi connectivity index (χ0n) is 11.7. The Morgan fingerprint density at radius 3 is 2.39 bits per heavy atom. The van der Waals surface area contributed by atoms with E-state index in [1.807, 2.05) is 44.2 Å². The van der Waals surface area contributed by atoms with E-state index in [4.69, 9.17) is 5.73 Å². The van der Waals surface area contributed by atoms with Gasteiger partial charge in [0.15, 0.2) is 0 Å². The summed E-state index contributed by atoms with van der Waals surface area (Å²) >= 11 is 0. The molecule has 0 aromatic heterocycles. The number of hydrogen-bond acceptors (Lipinski definition) is 3. The highest BCUT2D eigenvalue weighted by Gasteiger charge is 2.00. The maximum Gasteiger partial charge on any atom is 0.122 e. The lowest BCUT2D eigenvalue weighted by Crippen LogP contribution is -2.11. The molecule has 0 aliphatic rings. The SMILES string of the molecule is C/C(CC(C)C)=N\C(C)=C(/N)Nc1ccccc1. The molecule has 1 aromatic carbocycles. The molecule has 0 fully saturated rings. The molecule has 18 heavy (non-hydrogen) atoms. The van der Waals surface area contributed by atoms with Crippen LogP contribution < -0.4 is 11.1 Å². The van der Waals surface area contributed by atoms with E-state index in [9.17, 15) is 0 Å². The van der Waals surface area contributed by atoms with Crippen LogP contribution in [0.1, 0.15) is 34.1 Å². The highest BCUT2D eigenvalue weighted by molar-refractivity contribution is 5.83. The average Bonchev–Trinajstić information content (AvgIpc) is 2.28. The molecule has 1 aromatic rings. The molecule has 0 saturated carbocycles. The number of aliphatic imine (C=N–C) groups is 1. The van der Waals surface area contributed by atoms with Gasteiger partial charge in [-0.15, -0.1) is 0 Å². The fourth-order valence-corrected chi connectivity index (χ4v) is 1.75. The van der Waals surface area contributed by atoms with E-state index in [0.29, 0.717) is 11.7 Å². The van der Waals surface area contributed by atoms with Crippen LogP contribution in [0.15, 0.2) is 46.8 Å². The molecule has 0 atom stereocenters. The van der Waals surface area contributed by atoms with Crippen molar-refractivity contribution in [2.45, 2.75) is 34.1 Å². The minimum atomic E-state index is 0.601. The van der Waals surface area contributed by atoms with E-state index >= 15 is 0 Å². The number of nitrogens with zero attached hydrogens (tertiary/aromatic N) is 1. The van der Waals surface area contributed by atoms with Crippen LogP contribution in [0.3, 0.4) is 0 Å². The van der Waals surface area contributed by atoms with Gasteiger partial charge in [-0.05, 0) is 38.3 Å². The molecule has 98 valence electrons. The van der Waals surface area contributed by atoms with Crippen molar-refractivity contribution in [3.8, 4) is 0 Å². The van der Waals surface area contributed by atoms with Gasteiger partial charge >= 0.3 is 0 Å². The highest BCUT2D eigenvalue weighted by atomic mass is 15.0. The van der Waals surface area contributed by atoms with E-state index in [2.05, 4.69) is 24.2 Å². The zero-order chi connectivity index (χ0) is 13.5. The molecule has 0 amide bonds. The zero-order valence-corrected chi connectivity index (χ0v) is 11.7. The molecule has 0 spiro atoms. The van der Waals surface area contributed by atoms with E-state index in [0.717, 1.165) is 23.5 Å². The van der Waals surface area contributed by atoms with Gasteiger partial charge in [-0.1, -0.05) is 32.0 Å². The molecular formula is C15H23N3. The van der Waals surface area contributed by atoms with Gasteiger partial charge in [0.1, 0.15) is 5.82 Å². The summed E-state index contributed by atoms with van der Waals surface area (Å²) in [5.41, 5.74) is 8.91. The minimum Gasteiger partial charge on any atom is -0.384 e. The van der Waals surface area contributed by atoms with Crippen molar-refractivity contribution >= 4 is 11.4 Å². The normalized spacial score (nSPS) is 13.5. The number of nitrogens with two attached hydrogens (primary N) is 1. The van der Waals surface area contributed by atoms with Crippen LogP contribution >= 0.6 is 0 Å². The fraction of sp³-hybridized carbons (Fsp3) is 0.400. The van der Waals surface area contributed by atoms with Gasteiger partial charge in [0.25, 0.3) is 0 Å². The molecule has 3 nitrogen and oxygen atoms in total. The summed E-state index contributed by atoms with van der Waals surface area (Å²) in [4.78, 5) is 4.52. The van der Waals surface area contributed by atoms with E-state index < -0.39 is 0 Å². The van der Waals surface area contributed by atoms with Gasteiger partial charge in [-0.3, -0.25) is 4.99 Å². The lowest BCUT2D eigenvalue weighted by molar-refractivity contribution is 0.682. The molecule has 0 aliphatic carbocycles. The van der Waals surface area contributed by atoms with Crippen LogP contribution in [0.5, 0.6) is 0 Å². The van der Waals surface area contributed by atoms with Gasteiger partial charge in [-0.2, -0.15) is 0 Å². The van der Waals surface area contributed by atoms with Crippen LogP contribution in [0.25, 0.3) is 0 Å². The predicted molar refractivity (Wildman–Crippen MR) is 79.5 cm³/mol. The molecule has 3 heteroatoms. The Labute approximate surface area is 110 Å². The van der Waals surface area contributed by atoms with Gasteiger partial charge in [0.2, 0.25) is 0 Å². The Balaban J connectivity index is 2.73. The maximum atomic E-state index is 5.99. The third kappa shape index (κ3) is 5.04. The molecule has 0 aliphatic heterocycles. The Morgan fingerprint density at radius 1 is 1.22 bits per heavy atom. The minimum absolute atomic E-state index is 0.601. The summed E-state index contributed by atoms with van der Waals surface area (Å²) in [5, 5.41) is 3.15. The van der Waals surface area contributed by atoms with Gasteiger partial charge < -0.3 is 11.1 Å². The maximum absolute atomic E-state index is 5.99. The summed E-state index contributed by atoms with van der Waals surface area (Å²) in [7, 11) is 0. The lowest BCUT2D eigenvalue weighted by atomic mass is 10.1. The first-order chi connectivity index (χ1) is 8.49. The number of benzene rings is 1. The van der Waals surface area contributed by atoms with Crippen LogP contribution in [-0.2, 0) is 0 Å². The summed E-state index contributed by atoms with van der Waals surface area (Å²) < 4.78 is 0. The smallest absolute Gasteiger partial charge is 0.122 e. The molecule has 0 unspecified atom stereocenters. The van der Waals surface area contributed by atoms with Crippen molar-refractivity contribution in [3.05, 3.63) is 41.8 Å². The standard InChI is InChI=1S/C15H23N3/c1-11(2)10-12(3)17-13(4)15(16)18-14-8-6-5-7-9-14/h5-9,11,18H,10,16H2,1-4H3/b15-13+,17-12+. The van der Waals surface area contributed by atoms with Gasteiger partial charge in [-0.25, -0.2) is 0 Å². The number of anilines is 1. The first-order valence-corrected chi connectivity index (χ1v) is 6.31. The van der Waals surface area contributed by atoms with Crippen LogP contribution in [-0.4, -0.2) is 5.71 Å². The number of nitrogens with one attached hydrogen (secondary N) is 1. The van der Waals surface area contributed by atoms with Crippen molar-refractivity contribution < 1.29 is 0 Å². The fourth-order valence-electron chi connectivity index (χ4n) is 1.75. The van der Waals surface area contributed by atoms with Crippen molar-refractivity contribution in [1.29, 1.82) is 0 Å². The first-order valence-electron chi connectivity index (χ1n) is 6.31. The van der Waals surface area contributed by atoms with E-state index in [-0.39, 0.29) is 0 Å². The van der Waals surface area contributed by atoms with Crippen molar-refractivity contribution in [2.24, 2.45) is 16.6 Å². The largest absolute Gasteiger partial charge is 0.384 e. The molecule has 0 saturated heterocycles. The second-order valence-electron chi connectivity index (χ2n) is 4.94. The molecule has 1 rings (SSSR count). The first kappa shape index (κ1) is 14.3. The molecule has 0 bridgehead atoms. The third-order valence-corrected chi connectivity index (χ3v) is 2.50. The second-order valence-corrected chi connectivity index (χ2v) is 4.94. The summed E-state index contributed by atoms with van der Waals surface area (Å²) in [5.74, 6) is 1.22. The highest BCUT2D eigenvalue weighted by Crippen LogP contribution is 2.11. The Hall–Kier alpha value is -1.77. The van der Waals surface area contributed by atoms with Crippen LogP contribution in [0.2, 0.25) is 0 Å². The summed E-state index contributed by atoms with van der Waals surface area (Å²) in [6.07, 6.45) is 0.996. The number of allylic oxidation sites excluding steroid dienone is 1. The molecule has 0 radical (unpaired) electrons. The van der Waals surface area contributed by atoms with Crippen molar-refractivity contribution in [1.82, 2.24) is 0 Å². The number of hydrogen-bond donors (Lipinski definition) is 2. The Morgan fingerprint density at radius 2 is 1.83 bits per heavy atom. The molecular weight excluding hydrogens is 222 g/mol. The monoisotopic (exact) mass is 245 g/mol. The second kappa shape index (κ2) is 6.84. The quantitative estimate of drug-likeness (QED) is 0.776. The van der Waals surface area contributed by atoms with Crippen molar-refractivity contribution in [3.63, 3.8) is 0 Å². The Kier molecular flexibility index (Phi) is 5.43. The predicted octanol–water partition coefficient (Wildman–Crippen LogP) is 3.75. The molecule has 0 heterocycles. The Bertz CT molecular complexity index is 430. The van der Waals surface area contributed by atoms with E-state index in [1.165, 1.54) is 0 Å². The van der Waals surface area contributed by atoms with Gasteiger partial charge in [0, 0.05) is 11.4 Å².